The van der Waals surface area contributed by atoms with Gasteiger partial charge < -0.3 is 5.11 Å². The molecule has 0 aromatic carbocycles. The quantitative estimate of drug-likeness (QED) is 0.727. The van der Waals surface area contributed by atoms with E-state index in [9.17, 15) is 18.3 Å². The third-order valence-corrected chi connectivity index (χ3v) is 8.41. The molecule has 5 nitrogen and oxygen atoms in total. The Morgan fingerprint density at radius 2 is 2.19 bits per heavy atom. The molecule has 1 aromatic rings. The van der Waals surface area contributed by atoms with Gasteiger partial charge in [-0.15, -0.1) is 11.3 Å². The number of hydrogen-bond acceptors (Lipinski definition) is 4. The lowest BCUT2D eigenvalue weighted by molar-refractivity contribution is -0.147. The maximum absolute atomic E-state index is 12.9. The van der Waals surface area contributed by atoms with E-state index < -0.39 is 21.5 Å². The van der Waals surface area contributed by atoms with Crippen LogP contribution >= 0.6 is 43.2 Å². The number of carboxylic acids is 1. The van der Waals surface area contributed by atoms with Crippen LogP contribution in [-0.2, 0) is 14.8 Å². The zero-order chi connectivity index (χ0) is 15.8. The van der Waals surface area contributed by atoms with Crippen LogP contribution < -0.4 is 0 Å². The second kappa shape index (κ2) is 6.27. The fraction of sp³-hybridized carbons (Fsp3) is 0.583. The summed E-state index contributed by atoms with van der Waals surface area (Å²) in [6, 6.07) is 1.51. The Morgan fingerprint density at radius 1 is 1.52 bits per heavy atom. The Kier molecular flexibility index (Phi) is 5.19. The number of nitrogens with zero attached hydrogens (tertiary/aromatic N) is 1. The van der Waals surface area contributed by atoms with Crippen LogP contribution in [0.15, 0.2) is 18.5 Å². The van der Waals surface area contributed by atoms with Crippen LogP contribution in [0.1, 0.15) is 32.6 Å². The largest absolute Gasteiger partial charge is 0.480 e. The lowest BCUT2D eigenvalue weighted by Gasteiger charge is -2.33. The van der Waals surface area contributed by atoms with Gasteiger partial charge in [0.05, 0.1) is 7.57 Å². The molecule has 0 amide bonds. The van der Waals surface area contributed by atoms with Crippen LogP contribution in [0.25, 0.3) is 0 Å². The summed E-state index contributed by atoms with van der Waals surface area (Å²) >= 11 is 7.77. The minimum absolute atomic E-state index is 0.128. The van der Waals surface area contributed by atoms with Gasteiger partial charge in [-0.25, -0.2) is 8.42 Å². The molecule has 1 aliphatic rings. The topological polar surface area (TPSA) is 74.7 Å². The molecule has 21 heavy (non-hydrogen) atoms. The summed E-state index contributed by atoms with van der Waals surface area (Å²) in [6.45, 7) is 2.11. The minimum atomic E-state index is -3.84. The van der Waals surface area contributed by atoms with Gasteiger partial charge in [0, 0.05) is 6.54 Å². The summed E-state index contributed by atoms with van der Waals surface area (Å²) in [5.41, 5.74) is -1.32. The van der Waals surface area contributed by atoms with Crippen molar-refractivity contribution in [3.05, 3.63) is 13.6 Å². The maximum atomic E-state index is 12.9. The van der Waals surface area contributed by atoms with Crippen molar-refractivity contribution in [3.8, 4) is 0 Å². The number of carbonyl (C=O) groups is 1. The number of halogens is 2. The molecule has 9 heteroatoms. The molecule has 2 rings (SSSR count). The highest BCUT2D eigenvalue weighted by Crippen LogP contribution is 2.42. The van der Waals surface area contributed by atoms with E-state index >= 15 is 0 Å². The number of rotatable bonds is 5. The third-order valence-electron chi connectivity index (χ3n) is 3.68. The van der Waals surface area contributed by atoms with Gasteiger partial charge in [0.15, 0.2) is 0 Å². The van der Waals surface area contributed by atoms with Crippen molar-refractivity contribution in [2.75, 3.05) is 6.54 Å². The molecule has 0 spiro atoms. The molecule has 1 fully saturated rings. The highest BCUT2D eigenvalue weighted by Gasteiger charge is 2.53. The van der Waals surface area contributed by atoms with Crippen molar-refractivity contribution >= 4 is 59.2 Å². The van der Waals surface area contributed by atoms with Crippen molar-refractivity contribution in [1.82, 2.24) is 4.31 Å². The Bertz CT molecular complexity index is 658. The molecule has 1 saturated heterocycles. The molecule has 1 aromatic heterocycles. The zero-order valence-electron chi connectivity index (χ0n) is 11.3. The normalized spacial score (nSPS) is 23.6. The van der Waals surface area contributed by atoms with Gasteiger partial charge in [-0.1, -0.05) is 13.3 Å². The molecule has 0 saturated carbocycles. The molecule has 1 N–H and O–H groups in total. The number of thiophene rings is 1. The average molecular weight is 461 g/mol. The van der Waals surface area contributed by atoms with Crippen LogP contribution in [0.5, 0.6) is 0 Å². The third kappa shape index (κ3) is 2.95. The Hall–Kier alpha value is 0.0400. The smallest absolute Gasteiger partial charge is 0.325 e. The predicted octanol–water partition coefficient (Wildman–Crippen LogP) is 3.68. The number of sulfonamides is 1. The van der Waals surface area contributed by atoms with Gasteiger partial charge in [-0.05, 0) is 57.2 Å². The van der Waals surface area contributed by atoms with Gasteiger partial charge in [0.1, 0.15) is 10.4 Å². The summed E-state index contributed by atoms with van der Waals surface area (Å²) in [6.07, 6.45) is 1.87. The molecule has 1 unspecified atom stereocenters. The molecule has 1 aliphatic heterocycles. The first kappa shape index (κ1) is 17.4. The molecule has 2 heterocycles. The molecule has 0 bridgehead atoms. The van der Waals surface area contributed by atoms with Crippen LogP contribution in [0.3, 0.4) is 0 Å². The zero-order valence-corrected chi connectivity index (χ0v) is 16.1. The van der Waals surface area contributed by atoms with Crippen LogP contribution in [0.4, 0.5) is 0 Å². The lowest BCUT2D eigenvalue weighted by atomic mass is 9.92. The van der Waals surface area contributed by atoms with E-state index in [0.29, 0.717) is 33.3 Å². The van der Waals surface area contributed by atoms with E-state index in [-0.39, 0.29) is 11.4 Å². The fourth-order valence-corrected chi connectivity index (χ4v) is 8.40. The fourth-order valence-electron chi connectivity index (χ4n) is 2.81. The van der Waals surface area contributed by atoms with E-state index in [1.165, 1.54) is 21.7 Å². The van der Waals surface area contributed by atoms with Gasteiger partial charge in [-0.2, -0.15) is 4.31 Å². The van der Waals surface area contributed by atoms with Gasteiger partial charge in [-0.3, -0.25) is 4.79 Å². The highest BCUT2D eigenvalue weighted by atomic mass is 79.9. The van der Waals surface area contributed by atoms with Gasteiger partial charge in [0.25, 0.3) is 0 Å². The molecular formula is C12H15Br2NO4S2. The van der Waals surface area contributed by atoms with Crippen LogP contribution in [-0.4, -0.2) is 35.9 Å². The molecule has 1 atom stereocenters. The number of carboxylic acid groups (broad SMARTS) is 1. The monoisotopic (exact) mass is 459 g/mol. The van der Waals surface area contributed by atoms with Crippen LogP contribution in [0, 0.1) is 0 Å². The Labute approximate surface area is 144 Å². The summed E-state index contributed by atoms with van der Waals surface area (Å²) in [4.78, 5) is 11.9. The highest BCUT2D eigenvalue weighted by molar-refractivity contribution is 9.12. The van der Waals surface area contributed by atoms with E-state index in [4.69, 9.17) is 0 Å². The van der Waals surface area contributed by atoms with Gasteiger partial charge in [0.2, 0.25) is 10.0 Å². The van der Waals surface area contributed by atoms with Crippen molar-refractivity contribution in [3.63, 3.8) is 0 Å². The molecule has 118 valence electrons. The number of hydrogen-bond donors (Lipinski definition) is 1. The van der Waals surface area contributed by atoms with E-state index in [2.05, 4.69) is 31.9 Å². The number of aliphatic carboxylic acids is 1. The second-order valence-electron chi connectivity index (χ2n) is 4.96. The molecular weight excluding hydrogens is 446 g/mol. The van der Waals surface area contributed by atoms with E-state index in [1.54, 1.807) is 0 Å². The standard InChI is InChI=1S/C12H15Br2NO4S2/c1-2-4-12(11(16)17)5-3-6-15(12)21(18,19)8-7-9(13)20-10(8)14/h7H,2-6H2,1H3,(H,16,17). The summed E-state index contributed by atoms with van der Waals surface area (Å²) in [7, 11) is -3.84. The van der Waals surface area contributed by atoms with E-state index in [0.717, 1.165) is 0 Å². The van der Waals surface area contributed by atoms with Crippen molar-refractivity contribution in [1.29, 1.82) is 0 Å². The summed E-state index contributed by atoms with van der Waals surface area (Å²) in [5.74, 6) is -1.06. The first-order valence-electron chi connectivity index (χ1n) is 6.47. The van der Waals surface area contributed by atoms with Crippen molar-refractivity contribution in [2.45, 2.75) is 43.0 Å². The first-order chi connectivity index (χ1) is 9.75. The summed E-state index contributed by atoms with van der Waals surface area (Å²) in [5, 5.41) is 9.63. The van der Waals surface area contributed by atoms with E-state index in [1.807, 2.05) is 6.92 Å². The first-order valence-corrected chi connectivity index (χ1v) is 10.3. The van der Waals surface area contributed by atoms with Gasteiger partial charge >= 0.3 is 5.97 Å². The molecule has 0 radical (unpaired) electrons. The maximum Gasteiger partial charge on any atom is 0.325 e. The van der Waals surface area contributed by atoms with Crippen molar-refractivity contribution < 1.29 is 18.3 Å². The Balaban J connectivity index is 2.52. The van der Waals surface area contributed by atoms with Crippen molar-refractivity contribution in [2.24, 2.45) is 0 Å². The minimum Gasteiger partial charge on any atom is -0.480 e. The molecule has 0 aliphatic carbocycles. The SMILES string of the molecule is CCCC1(C(=O)O)CCCN1S(=O)(=O)c1cc(Br)sc1Br. The predicted molar refractivity (Wildman–Crippen MR) is 88.1 cm³/mol. The Morgan fingerprint density at radius 3 is 2.67 bits per heavy atom. The lowest BCUT2D eigenvalue weighted by Crippen LogP contribution is -2.52. The average Bonchev–Trinajstić information content (AvgIpc) is 2.95. The second-order valence-corrected chi connectivity index (χ2v) is 10.5. The van der Waals surface area contributed by atoms with Crippen LogP contribution in [0.2, 0.25) is 0 Å². The summed E-state index contributed by atoms with van der Waals surface area (Å²) < 4.78 is 28.1.